The molecule has 0 bridgehead atoms. The number of nitrogens with zero attached hydrogens (tertiary/aromatic N) is 2. The molecule has 1 amide bonds. The van der Waals surface area contributed by atoms with Crippen molar-refractivity contribution >= 4 is 17.6 Å². The second-order valence-corrected chi connectivity index (χ2v) is 8.97. The normalized spacial score (nSPS) is 14.8. The number of benzene rings is 2. The Morgan fingerprint density at radius 2 is 1.72 bits per heavy atom. The van der Waals surface area contributed by atoms with Gasteiger partial charge in [0, 0.05) is 12.8 Å². The second kappa shape index (κ2) is 9.98. The van der Waals surface area contributed by atoms with Gasteiger partial charge >= 0.3 is 5.97 Å². The smallest absolute Gasteiger partial charge is 0.309 e. The molecule has 0 unspecified atom stereocenters. The Morgan fingerprint density at radius 3 is 2.34 bits per heavy atom. The molecular formula is C26H32N2O4. The molecule has 1 aliphatic rings. The summed E-state index contributed by atoms with van der Waals surface area (Å²) in [4.78, 5) is 24.2. The molecule has 0 saturated carbocycles. The molecule has 3 rings (SSSR count). The molecule has 0 fully saturated rings. The number of aryl methyl sites for hydroxylation is 2. The fraction of sp³-hybridized carbons (Fsp3) is 0.423. The maximum Gasteiger partial charge on any atom is 0.309 e. The minimum absolute atomic E-state index is 0.00593. The van der Waals surface area contributed by atoms with Gasteiger partial charge in [-0.25, -0.2) is 5.01 Å². The van der Waals surface area contributed by atoms with Gasteiger partial charge in [0.2, 0.25) is 5.91 Å². The van der Waals surface area contributed by atoms with Gasteiger partial charge in [-0.3, -0.25) is 9.59 Å². The van der Waals surface area contributed by atoms with Crippen molar-refractivity contribution in [1.29, 1.82) is 0 Å². The van der Waals surface area contributed by atoms with Crippen molar-refractivity contribution in [2.45, 2.75) is 58.9 Å². The third kappa shape index (κ3) is 5.96. The number of esters is 1. The third-order valence-electron chi connectivity index (χ3n) is 5.49. The average molecular weight is 437 g/mol. The van der Waals surface area contributed by atoms with E-state index in [9.17, 15) is 9.59 Å². The van der Waals surface area contributed by atoms with Crippen molar-refractivity contribution in [2.24, 2.45) is 5.10 Å². The zero-order chi connectivity index (χ0) is 23.3. The summed E-state index contributed by atoms with van der Waals surface area (Å²) >= 11 is 0. The van der Waals surface area contributed by atoms with Gasteiger partial charge < -0.3 is 9.47 Å². The molecule has 2 aromatic rings. The lowest BCUT2D eigenvalue weighted by Gasteiger charge is -2.28. The summed E-state index contributed by atoms with van der Waals surface area (Å²) in [6.07, 6.45) is 1.94. The molecule has 0 N–H and O–H groups in total. The minimum Gasteiger partial charge on any atom is -0.494 e. The van der Waals surface area contributed by atoms with Gasteiger partial charge in [0.1, 0.15) is 5.75 Å². The highest BCUT2D eigenvalue weighted by atomic mass is 16.5. The van der Waals surface area contributed by atoms with E-state index in [-0.39, 0.29) is 23.8 Å². The predicted octanol–water partition coefficient (Wildman–Crippen LogP) is 4.59. The first-order valence-electron chi connectivity index (χ1n) is 11.0. The van der Waals surface area contributed by atoms with E-state index in [1.165, 1.54) is 18.2 Å². The van der Waals surface area contributed by atoms with Crippen LogP contribution in [0.4, 0.5) is 0 Å². The fourth-order valence-corrected chi connectivity index (χ4v) is 3.93. The molecule has 0 spiro atoms. The van der Waals surface area contributed by atoms with E-state index in [4.69, 9.17) is 9.84 Å². The van der Waals surface area contributed by atoms with Gasteiger partial charge in [-0.05, 0) is 57.4 Å². The zero-order valence-corrected chi connectivity index (χ0v) is 19.6. The fourth-order valence-electron chi connectivity index (χ4n) is 3.93. The maximum absolute atomic E-state index is 12.9. The van der Waals surface area contributed by atoms with Crippen LogP contribution in [-0.2, 0) is 20.7 Å². The van der Waals surface area contributed by atoms with Crippen LogP contribution < -0.4 is 4.74 Å². The molecule has 6 heteroatoms. The molecule has 0 atom stereocenters. The third-order valence-corrected chi connectivity index (χ3v) is 5.49. The molecule has 0 aliphatic carbocycles. The van der Waals surface area contributed by atoms with Crippen LogP contribution >= 0.6 is 0 Å². The number of carbonyl (C=O) groups excluding carboxylic acids is 2. The lowest BCUT2D eigenvalue weighted by molar-refractivity contribution is -0.139. The number of ether oxygens (including phenoxy) is 2. The molecule has 1 aliphatic heterocycles. The molecule has 170 valence electrons. The van der Waals surface area contributed by atoms with Gasteiger partial charge in [-0.1, -0.05) is 41.5 Å². The largest absolute Gasteiger partial charge is 0.494 e. The van der Waals surface area contributed by atoms with E-state index in [1.807, 2.05) is 24.3 Å². The summed E-state index contributed by atoms with van der Waals surface area (Å²) in [5.74, 6) is 0.444. The first kappa shape index (κ1) is 23.5. The Kier molecular flexibility index (Phi) is 7.33. The Morgan fingerprint density at radius 1 is 1.06 bits per heavy atom. The molecule has 6 nitrogen and oxygen atoms in total. The Labute approximate surface area is 190 Å². The predicted molar refractivity (Wildman–Crippen MR) is 125 cm³/mol. The SMILES string of the molecule is COC(=O)Cc1ccc(OCCCC(=O)N2N=C(c3cc(C)cc(C)c3)CC2(C)C)cc1. The minimum atomic E-state index is -0.347. The van der Waals surface area contributed by atoms with Gasteiger partial charge in [0.25, 0.3) is 0 Å². The zero-order valence-electron chi connectivity index (χ0n) is 19.6. The van der Waals surface area contributed by atoms with Crippen LogP contribution in [0, 0.1) is 13.8 Å². The van der Waals surface area contributed by atoms with E-state index in [2.05, 4.69) is 50.6 Å². The maximum atomic E-state index is 12.9. The summed E-state index contributed by atoms with van der Waals surface area (Å²) < 4.78 is 10.4. The molecule has 1 heterocycles. The highest BCUT2D eigenvalue weighted by molar-refractivity contribution is 6.03. The Bertz CT molecular complexity index is 989. The van der Waals surface area contributed by atoms with Crippen LogP contribution in [0.2, 0.25) is 0 Å². The van der Waals surface area contributed by atoms with E-state index >= 15 is 0 Å². The highest BCUT2D eigenvalue weighted by Gasteiger charge is 2.38. The summed E-state index contributed by atoms with van der Waals surface area (Å²) in [7, 11) is 1.38. The van der Waals surface area contributed by atoms with Crippen LogP contribution in [-0.4, -0.2) is 41.9 Å². The lowest BCUT2D eigenvalue weighted by atomic mass is 9.93. The highest BCUT2D eigenvalue weighted by Crippen LogP contribution is 2.31. The first-order valence-corrected chi connectivity index (χ1v) is 11.0. The summed E-state index contributed by atoms with van der Waals surface area (Å²) in [6, 6.07) is 13.7. The molecular weight excluding hydrogens is 404 g/mol. The van der Waals surface area contributed by atoms with Crippen LogP contribution in [0.3, 0.4) is 0 Å². The average Bonchev–Trinajstić information content (AvgIpc) is 3.06. The number of methoxy groups -OCH3 is 1. The van der Waals surface area contributed by atoms with E-state index in [1.54, 1.807) is 5.01 Å². The standard InChI is InChI=1S/C26H32N2O4/c1-18-13-19(2)15-21(14-18)23-17-26(3,4)28(27-23)24(29)7-6-12-32-22-10-8-20(9-11-22)16-25(30)31-5/h8-11,13-15H,6-7,12,16-17H2,1-5H3. The molecule has 0 aromatic heterocycles. The Balaban J connectivity index is 1.53. The molecule has 0 saturated heterocycles. The van der Waals surface area contributed by atoms with E-state index < -0.39 is 0 Å². The van der Waals surface area contributed by atoms with Crippen molar-refractivity contribution in [3.63, 3.8) is 0 Å². The van der Waals surface area contributed by atoms with Crippen molar-refractivity contribution in [1.82, 2.24) is 5.01 Å². The van der Waals surface area contributed by atoms with Crippen molar-refractivity contribution in [3.05, 3.63) is 64.7 Å². The van der Waals surface area contributed by atoms with Crippen LogP contribution in [0.25, 0.3) is 0 Å². The second-order valence-electron chi connectivity index (χ2n) is 8.97. The Hall–Kier alpha value is -3.15. The van der Waals surface area contributed by atoms with Crippen LogP contribution in [0.5, 0.6) is 5.75 Å². The van der Waals surface area contributed by atoms with E-state index in [0.29, 0.717) is 25.2 Å². The van der Waals surface area contributed by atoms with Gasteiger partial charge in [0.15, 0.2) is 0 Å². The van der Waals surface area contributed by atoms with Gasteiger partial charge in [-0.15, -0.1) is 0 Å². The number of carbonyl (C=O) groups is 2. The lowest BCUT2D eigenvalue weighted by Crippen LogP contribution is -2.40. The summed E-state index contributed by atoms with van der Waals surface area (Å²) in [6.45, 7) is 8.69. The number of hydrazone groups is 1. The van der Waals surface area contributed by atoms with Crippen molar-refractivity contribution in [2.75, 3.05) is 13.7 Å². The van der Waals surface area contributed by atoms with Crippen molar-refractivity contribution < 1.29 is 19.1 Å². The first-order chi connectivity index (χ1) is 15.2. The van der Waals surface area contributed by atoms with Crippen LogP contribution in [0.15, 0.2) is 47.6 Å². The number of rotatable bonds is 8. The number of hydrogen-bond acceptors (Lipinski definition) is 5. The van der Waals surface area contributed by atoms with Gasteiger partial charge in [-0.2, -0.15) is 5.10 Å². The molecule has 32 heavy (non-hydrogen) atoms. The molecule has 0 radical (unpaired) electrons. The topological polar surface area (TPSA) is 68.2 Å². The summed E-state index contributed by atoms with van der Waals surface area (Å²) in [5, 5.41) is 6.33. The molecule has 2 aromatic carbocycles. The van der Waals surface area contributed by atoms with Crippen LogP contribution in [0.1, 0.15) is 55.4 Å². The van der Waals surface area contributed by atoms with Crippen molar-refractivity contribution in [3.8, 4) is 5.75 Å². The monoisotopic (exact) mass is 436 g/mol. The quantitative estimate of drug-likeness (QED) is 0.448. The van der Waals surface area contributed by atoms with Gasteiger partial charge in [0.05, 0.1) is 31.4 Å². The number of hydrogen-bond donors (Lipinski definition) is 0. The van der Waals surface area contributed by atoms with E-state index in [0.717, 1.165) is 23.3 Å². The summed E-state index contributed by atoms with van der Waals surface area (Å²) in [5.41, 5.74) is 4.96. The number of amides is 1.